The summed E-state index contributed by atoms with van der Waals surface area (Å²) in [5, 5.41) is 58.0. The van der Waals surface area contributed by atoms with Crippen LogP contribution in [0.15, 0.2) is 103 Å². The van der Waals surface area contributed by atoms with Gasteiger partial charge in [-0.1, -0.05) is 65.3 Å². The highest BCUT2D eigenvalue weighted by molar-refractivity contribution is 6.30. The van der Waals surface area contributed by atoms with E-state index >= 15 is 0 Å². The first-order chi connectivity index (χ1) is 39.0. The number of phenols is 2. The van der Waals surface area contributed by atoms with Gasteiger partial charge in [0.1, 0.15) is 53.8 Å². The van der Waals surface area contributed by atoms with Crippen LogP contribution in [0.1, 0.15) is 64.5 Å². The number of aromatic nitrogens is 3. The molecule has 1 aliphatic heterocycles. The van der Waals surface area contributed by atoms with Crippen molar-refractivity contribution in [2.45, 2.75) is 119 Å². The number of rotatable bonds is 19. The van der Waals surface area contributed by atoms with E-state index in [9.17, 15) is 58.5 Å². The van der Waals surface area contributed by atoms with Crippen LogP contribution in [-0.4, -0.2) is 144 Å². The van der Waals surface area contributed by atoms with E-state index in [1.807, 2.05) is 0 Å². The highest BCUT2D eigenvalue weighted by Gasteiger charge is 2.37. The Kier molecular flexibility index (Phi) is 22.4. The van der Waals surface area contributed by atoms with Crippen molar-refractivity contribution >= 4 is 64.8 Å². The number of nitrogens with two attached hydrogens (primary N) is 4. The van der Waals surface area contributed by atoms with Crippen LogP contribution in [-0.2, 0) is 77.0 Å². The van der Waals surface area contributed by atoms with Crippen molar-refractivity contribution in [3.63, 3.8) is 0 Å². The van der Waals surface area contributed by atoms with Gasteiger partial charge in [0.15, 0.2) is 0 Å². The lowest BCUT2D eigenvalue weighted by molar-refractivity contribution is -0.137. The molecule has 18 N–H and O–H groups in total. The van der Waals surface area contributed by atoms with Crippen molar-refractivity contribution in [1.29, 1.82) is 0 Å². The second-order valence-electron chi connectivity index (χ2n) is 19.9. The summed E-state index contributed by atoms with van der Waals surface area (Å²) >= 11 is 6.08. The molecule has 9 atom stereocenters. The topological polar surface area (TPSA) is 433 Å². The molecule has 4 aromatic carbocycles. The molecule has 0 spiro atoms. The van der Waals surface area contributed by atoms with E-state index in [-0.39, 0.29) is 67.8 Å². The number of fused-ring (bicyclic) bond motifs is 2. The standard InChI is InChI=1S/C55H67ClN14O12/c1-29(71)46-55(82)66-45(54(81)62-41(48(60)75)23-32-9-17-37(72)18-10-32)28-70-27-36(68-69-70)26-44(63-49(76)39(58)22-30-7-15-35(56)16-8-30)53(80)65-43(25-33-11-19-38(73)20-12-33)52(79)64-42(24-31-5-13-34(14-6-31)47(59)74)51(78)61-40(50(77)67-46)4-2-3-21-57/h5-20,27,29,39-46,71-73H,2-4,21-26,28,57-58H2,1H3,(H2,59,74)(H2,60,75)(H,61,78)(H,62,81)(H,63,76)(H,64,79)(H,65,80)(H,66,82)(H,67,77)/t29-,39+,40+,41-,42-,43+,44+,45+,46+/m1/s1. The quantitative estimate of drug-likeness (QED) is 0.0386. The largest absolute Gasteiger partial charge is 0.508 e. The molecule has 0 radical (unpaired) electrons. The lowest BCUT2D eigenvalue weighted by Gasteiger charge is -2.29. The van der Waals surface area contributed by atoms with Crippen LogP contribution in [0.3, 0.4) is 0 Å². The first kappa shape index (κ1) is 62.2. The predicted octanol–water partition coefficient (Wildman–Crippen LogP) is -2.32. The first-order valence-electron chi connectivity index (χ1n) is 26.2. The number of nitrogens with one attached hydrogen (secondary N) is 7. The lowest BCUT2D eigenvalue weighted by Crippen LogP contribution is -2.62. The third kappa shape index (κ3) is 18.5. The Morgan fingerprint density at radius 1 is 0.695 bits per heavy atom. The average molecular weight is 1150 g/mol. The third-order valence-corrected chi connectivity index (χ3v) is 13.6. The number of primary amides is 2. The molecule has 2 bridgehead atoms. The number of amides is 9. The number of aromatic hydroxyl groups is 2. The Morgan fingerprint density at radius 3 is 1.78 bits per heavy atom. The van der Waals surface area contributed by atoms with Gasteiger partial charge in [-0.3, -0.25) is 43.2 Å². The number of carbonyl (C=O) groups is 9. The Balaban J connectivity index is 1.44. The van der Waals surface area contributed by atoms with Gasteiger partial charge in [0.2, 0.25) is 53.2 Å². The number of aliphatic hydroxyl groups is 1. The molecule has 82 heavy (non-hydrogen) atoms. The number of unbranched alkanes of at least 4 members (excludes halogenated alkanes) is 1. The zero-order valence-corrected chi connectivity index (χ0v) is 45.4. The zero-order chi connectivity index (χ0) is 59.6. The second kappa shape index (κ2) is 29.5. The molecule has 2 heterocycles. The van der Waals surface area contributed by atoms with Crippen molar-refractivity contribution in [3.8, 4) is 11.5 Å². The van der Waals surface area contributed by atoms with Gasteiger partial charge in [0.25, 0.3) is 0 Å². The maximum Gasteiger partial charge on any atom is 0.248 e. The molecule has 0 fully saturated rings. The highest BCUT2D eigenvalue weighted by atomic mass is 35.5. The van der Waals surface area contributed by atoms with Gasteiger partial charge in [-0.2, -0.15) is 0 Å². The van der Waals surface area contributed by atoms with Crippen LogP contribution >= 0.6 is 11.6 Å². The molecule has 1 aliphatic rings. The molecule has 9 amide bonds. The molecule has 0 saturated carbocycles. The van der Waals surface area contributed by atoms with Gasteiger partial charge in [0.05, 0.1) is 24.4 Å². The molecule has 1 aromatic heterocycles. The Morgan fingerprint density at radius 2 is 1.22 bits per heavy atom. The maximum absolute atomic E-state index is 14.8. The van der Waals surface area contributed by atoms with Crippen molar-refractivity contribution in [3.05, 3.63) is 142 Å². The fourth-order valence-corrected chi connectivity index (χ4v) is 8.88. The molecule has 0 unspecified atom stereocenters. The first-order valence-corrected chi connectivity index (χ1v) is 26.6. The van der Waals surface area contributed by atoms with Gasteiger partial charge in [0, 0.05) is 42.5 Å². The molecule has 6 rings (SSSR count). The van der Waals surface area contributed by atoms with Gasteiger partial charge in [-0.05, 0) is 110 Å². The highest BCUT2D eigenvalue weighted by Crippen LogP contribution is 2.17. The summed E-state index contributed by atoms with van der Waals surface area (Å²) in [6.45, 7) is 0.828. The van der Waals surface area contributed by atoms with Gasteiger partial charge in [-0.15, -0.1) is 5.10 Å². The van der Waals surface area contributed by atoms with Gasteiger partial charge in [-0.25, -0.2) is 4.68 Å². The number of carbonyl (C=O) groups excluding carboxylic acids is 9. The number of benzene rings is 4. The average Bonchev–Trinajstić information content (AvgIpc) is 3.91. The SMILES string of the molecule is C[C@@H](O)[C@@H]1NC(=O)[C@H](CCCCN)NC(=O)[C@@H](Cc2ccc(C(N)=O)cc2)NC(=O)[C@H](Cc2ccc(O)cc2)NC(=O)[C@@H](NC(=O)[C@@H](N)Cc2ccc(Cl)cc2)Cc2cn(nn2)C[C@@H](C(=O)N[C@H](Cc2ccc(O)cc2)C(N)=O)NC1=O. The van der Waals surface area contributed by atoms with Gasteiger partial charge >= 0.3 is 0 Å². The fraction of sp³-hybridized carbons (Fsp3) is 0.364. The molecule has 26 nitrogen and oxygen atoms in total. The minimum absolute atomic E-state index is 0.000249. The lowest BCUT2D eigenvalue weighted by atomic mass is 10.00. The molecule has 27 heteroatoms. The Labute approximate surface area is 475 Å². The summed E-state index contributed by atoms with van der Waals surface area (Å²) in [7, 11) is 0. The molecule has 0 saturated heterocycles. The Hall–Kier alpha value is -8.98. The van der Waals surface area contributed by atoms with E-state index < -0.39 is 121 Å². The number of phenolic OH excluding ortho intramolecular Hbond substituents is 2. The summed E-state index contributed by atoms with van der Waals surface area (Å²) in [6.07, 6.45) is -0.947. The normalized spacial score (nSPS) is 20.4. The zero-order valence-electron chi connectivity index (χ0n) is 44.6. The monoisotopic (exact) mass is 1150 g/mol. The number of hydrogen-bond acceptors (Lipinski definition) is 16. The Bertz CT molecular complexity index is 3050. The summed E-state index contributed by atoms with van der Waals surface area (Å²) < 4.78 is 1.10. The molecule has 0 aliphatic carbocycles. The summed E-state index contributed by atoms with van der Waals surface area (Å²) in [6, 6.07) is 11.5. The number of aliphatic hydroxyl groups excluding tert-OH is 1. The minimum atomic E-state index is -1.81. The number of nitrogens with zero attached hydrogens (tertiary/aromatic N) is 3. The van der Waals surface area contributed by atoms with Crippen molar-refractivity contribution < 1.29 is 58.5 Å². The summed E-state index contributed by atoms with van der Waals surface area (Å²) in [5.41, 5.74) is 25.5. The summed E-state index contributed by atoms with van der Waals surface area (Å²) in [4.78, 5) is 126. The number of halogens is 1. The van der Waals surface area contributed by atoms with Crippen molar-refractivity contribution in [2.75, 3.05) is 6.54 Å². The van der Waals surface area contributed by atoms with Crippen LogP contribution in [0.2, 0.25) is 5.02 Å². The molecule has 436 valence electrons. The van der Waals surface area contributed by atoms with Crippen LogP contribution in [0, 0.1) is 0 Å². The van der Waals surface area contributed by atoms with Crippen molar-refractivity contribution in [1.82, 2.24) is 52.2 Å². The predicted molar refractivity (Wildman–Crippen MR) is 296 cm³/mol. The third-order valence-electron chi connectivity index (χ3n) is 13.3. The molecular weight excluding hydrogens is 1080 g/mol. The van der Waals surface area contributed by atoms with Crippen LogP contribution in [0.5, 0.6) is 11.5 Å². The maximum atomic E-state index is 14.8. The van der Waals surface area contributed by atoms with Crippen LogP contribution in [0.4, 0.5) is 0 Å². The van der Waals surface area contributed by atoms with E-state index in [4.69, 9.17) is 34.5 Å². The van der Waals surface area contributed by atoms with Crippen LogP contribution < -0.4 is 60.2 Å². The molecule has 5 aromatic rings. The minimum Gasteiger partial charge on any atom is -0.508 e. The van der Waals surface area contributed by atoms with E-state index in [0.717, 1.165) is 4.68 Å². The van der Waals surface area contributed by atoms with E-state index in [0.29, 0.717) is 33.7 Å². The second-order valence-corrected chi connectivity index (χ2v) is 20.3. The number of hydrogen-bond donors (Lipinski definition) is 14. The molecular formula is C55H67ClN14O12. The van der Waals surface area contributed by atoms with E-state index in [2.05, 4.69) is 47.5 Å². The van der Waals surface area contributed by atoms with Gasteiger partial charge < -0.3 is 75.5 Å². The van der Waals surface area contributed by atoms with E-state index in [1.54, 1.807) is 24.3 Å². The smallest absolute Gasteiger partial charge is 0.248 e. The van der Waals surface area contributed by atoms with Crippen LogP contribution in [0.25, 0.3) is 0 Å². The van der Waals surface area contributed by atoms with Crippen molar-refractivity contribution in [2.24, 2.45) is 22.9 Å². The van der Waals surface area contributed by atoms with E-state index in [1.165, 1.54) is 85.9 Å². The fourth-order valence-electron chi connectivity index (χ4n) is 8.76. The summed E-state index contributed by atoms with van der Waals surface area (Å²) in [5.74, 6) is -8.60.